The molecule has 0 bridgehead atoms. The molecule has 3 rings (SSSR count). The topological polar surface area (TPSA) is 72.3 Å². The lowest BCUT2D eigenvalue weighted by molar-refractivity contribution is 0.0784. The van der Waals surface area contributed by atoms with Gasteiger partial charge in [0.15, 0.2) is 9.84 Å². The van der Waals surface area contributed by atoms with E-state index in [-0.39, 0.29) is 23.5 Å². The summed E-state index contributed by atoms with van der Waals surface area (Å²) in [5, 5.41) is 4.58. The maximum absolute atomic E-state index is 12.8. The van der Waals surface area contributed by atoms with Crippen LogP contribution in [0.25, 0.3) is 0 Å². The van der Waals surface area contributed by atoms with E-state index in [9.17, 15) is 13.2 Å². The van der Waals surface area contributed by atoms with E-state index in [0.29, 0.717) is 18.5 Å². The average Bonchev–Trinajstić information content (AvgIpc) is 3.10. The first-order valence-electron chi connectivity index (χ1n) is 9.17. The normalized spacial score (nSPS) is 18.6. The number of hydrogen-bond donors (Lipinski definition) is 0. The smallest absolute Gasteiger partial charge is 0.253 e. The third kappa shape index (κ3) is 3.93. The molecule has 0 radical (unpaired) electrons. The Labute approximate surface area is 161 Å². The molecule has 6 nitrogen and oxygen atoms in total. The highest BCUT2D eigenvalue weighted by atomic mass is 32.2. The molecule has 1 saturated heterocycles. The van der Waals surface area contributed by atoms with Crippen LogP contribution >= 0.6 is 0 Å². The molecule has 146 valence electrons. The average molecular weight is 390 g/mol. The standard InChI is InChI=1S/C20H27N3O3S/c1-13-6-7-17(10-14(13)2)20(24)22(5)11-19-15(3)21-23(16(19)4)18-8-9-27(25,26)12-18/h6-7,10,18H,8-9,11-12H2,1-5H3. The van der Waals surface area contributed by atoms with E-state index in [1.54, 1.807) is 11.9 Å². The predicted molar refractivity (Wildman–Crippen MR) is 106 cm³/mol. The van der Waals surface area contributed by atoms with Crippen molar-refractivity contribution in [1.29, 1.82) is 0 Å². The van der Waals surface area contributed by atoms with Crippen LogP contribution in [0.1, 0.15) is 50.9 Å². The van der Waals surface area contributed by atoms with Crippen LogP contribution in [-0.4, -0.2) is 47.6 Å². The Hall–Kier alpha value is -2.15. The summed E-state index contributed by atoms with van der Waals surface area (Å²) in [4.78, 5) is 14.5. The number of aryl methyl sites for hydroxylation is 3. The minimum Gasteiger partial charge on any atom is -0.337 e. The van der Waals surface area contributed by atoms with E-state index in [1.165, 1.54) is 0 Å². The molecule has 0 N–H and O–H groups in total. The Morgan fingerprint density at radius 2 is 1.93 bits per heavy atom. The van der Waals surface area contributed by atoms with Gasteiger partial charge >= 0.3 is 0 Å². The summed E-state index contributed by atoms with van der Waals surface area (Å²) in [6, 6.07) is 5.63. The van der Waals surface area contributed by atoms with Crippen LogP contribution in [0.2, 0.25) is 0 Å². The van der Waals surface area contributed by atoms with E-state index in [4.69, 9.17) is 0 Å². The molecule has 7 heteroatoms. The van der Waals surface area contributed by atoms with Crippen LogP contribution in [0.15, 0.2) is 18.2 Å². The Bertz CT molecular complexity index is 992. The SMILES string of the molecule is Cc1ccc(C(=O)N(C)Cc2c(C)nn(C3CCS(=O)(=O)C3)c2C)cc1C. The Kier molecular flexibility index (Phi) is 5.16. The molecular weight excluding hydrogens is 362 g/mol. The van der Waals surface area contributed by atoms with E-state index >= 15 is 0 Å². The second-order valence-electron chi connectivity index (χ2n) is 7.61. The highest BCUT2D eigenvalue weighted by Crippen LogP contribution is 2.27. The van der Waals surface area contributed by atoms with E-state index in [2.05, 4.69) is 5.10 Å². The number of carbonyl (C=O) groups excluding carboxylic acids is 1. The van der Waals surface area contributed by atoms with Crippen LogP contribution in [0.3, 0.4) is 0 Å². The zero-order valence-electron chi connectivity index (χ0n) is 16.6. The third-order valence-electron chi connectivity index (χ3n) is 5.52. The van der Waals surface area contributed by atoms with Crippen LogP contribution in [0.4, 0.5) is 0 Å². The molecule has 1 amide bonds. The molecule has 0 aliphatic carbocycles. The van der Waals surface area contributed by atoms with Gasteiger partial charge in [0.2, 0.25) is 0 Å². The van der Waals surface area contributed by atoms with Gasteiger partial charge in [-0.25, -0.2) is 8.42 Å². The zero-order chi connectivity index (χ0) is 19.9. The van der Waals surface area contributed by atoms with Crippen molar-refractivity contribution in [2.75, 3.05) is 18.6 Å². The first-order valence-corrected chi connectivity index (χ1v) is 11.0. The number of amides is 1. The number of sulfone groups is 1. The monoisotopic (exact) mass is 389 g/mol. The van der Waals surface area contributed by atoms with Crippen molar-refractivity contribution < 1.29 is 13.2 Å². The highest BCUT2D eigenvalue weighted by molar-refractivity contribution is 7.91. The number of nitrogens with zero attached hydrogens (tertiary/aromatic N) is 3. The van der Waals surface area contributed by atoms with Crippen LogP contribution in [0.5, 0.6) is 0 Å². The predicted octanol–water partition coefficient (Wildman–Crippen LogP) is 2.75. The van der Waals surface area contributed by atoms with Crippen molar-refractivity contribution in [3.05, 3.63) is 51.8 Å². The van der Waals surface area contributed by atoms with Crippen molar-refractivity contribution in [3.8, 4) is 0 Å². The molecule has 1 aliphatic rings. The van der Waals surface area contributed by atoms with Crippen LogP contribution < -0.4 is 0 Å². The lowest BCUT2D eigenvalue weighted by Crippen LogP contribution is -2.27. The van der Waals surface area contributed by atoms with Gasteiger partial charge in [-0.1, -0.05) is 6.07 Å². The van der Waals surface area contributed by atoms with Gasteiger partial charge in [-0.15, -0.1) is 0 Å². The summed E-state index contributed by atoms with van der Waals surface area (Å²) in [5.74, 6) is 0.329. The number of carbonyl (C=O) groups is 1. The number of rotatable bonds is 4. The van der Waals surface area contributed by atoms with Gasteiger partial charge in [-0.2, -0.15) is 5.10 Å². The summed E-state index contributed by atoms with van der Waals surface area (Å²) >= 11 is 0. The molecule has 2 heterocycles. The fourth-order valence-corrected chi connectivity index (χ4v) is 5.35. The molecule has 1 aliphatic heterocycles. The largest absolute Gasteiger partial charge is 0.337 e. The maximum Gasteiger partial charge on any atom is 0.253 e. The number of aromatic nitrogens is 2. The molecule has 1 fully saturated rings. The van der Waals surface area contributed by atoms with Gasteiger partial charge < -0.3 is 4.90 Å². The van der Waals surface area contributed by atoms with Gasteiger partial charge in [0.05, 0.1) is 23.2 Å². The molecule has 1 unspecified atom stereocenters. The van der Waals surface area contributed by atoms with E-state index in [0.717, 1.165) is 28.1 Å². The van der Waals surface area contributed by atoms with E-state index in [1.807, 2.05) is 50.6 Å². The molecule has 0 spiro atoms. The maximum atomic E-state index is 12.8. The first kappa shape index (κ1) is 19.6. The lowest BCUT2D eigenvalue weighted by atomic mass is 10.1. The highest BCUT2D eigenvalue weighted by Gasteiger charge is 2.31. The van der Waals surface area contributed by atoms with Crippen LogP contribution in [0, 0.1) is 27.7 Å². The molecule has 0 saturated carbocycles. The molecule has 1 atom stereocenters. The molecule has 27 heavy (non-hydrogen) atoms. The van der Waals surface area contributed by atoms with Crippen LogP contribution in [-0.2, 0) is 16.4 Å². The minimum absolute atomic E-state index is 0.0342. The third-order valence-corrected chi connectivity index (χ3v) is 7.28. The second-order valence-corrected chi connectivity index (χ2v) is 9.84. The summed E-state index contributed by atoms with van der Waals surface area (Å²) in [7, 11) is -1.18. The number of benzene rings is 1. The van der Waals surface area contributed by atoms with Crippen molar-refractivity contribution in [2.24, 2.45) is 0 Å². The van der Waals surface area contributed by atoms with Gasteiger partial charge in [0.1, 0.15) is 0 Å². The van der Waals surface area contributed by atoms with Gasteiger partial charge in [0, 0.05) is 30.4 Å². The molecule has 2 aromatic rings. The van der Waals surface area contributed by atoms with Crippen molar-refractivity contribution >= 4 is 15.7 Å². The quantitative estimate of drug-likeness (QED) is 0.806. The fourth-order valence-electron chi connectivity index (χ4n) is 3.65. The van der Waals surface area contributed by atoms with Crippen molar-refractivity contribution in [2.45, 2.75) is 46.7 Å². The Morgan fingerprint density at radius 3 is 2.52 bits per heavy atom. The summed E-state index contributed by atoms with van der Waals surface area (Å²) < 4.78 is 25.4. The molecule has 1 aromatic heterocycles. The molecular formula is C20H27N3O3S. The Morgan fingerprint density at radius 1 is 1.22 bits per heavy atom. The van der Waals surface area contributed by atoms with Crippen molar-refractivity contribution in [3.63, 3.8) is 0 Å². The van der Waals surface area contributed by atoms with E-state index < -0.39 is 9.84 Å². The minimum atomic E-state index is -2.97. The molecule has 1 aromatic carbocycles. The summed E-state index contributed by atoms with van der Waals surface area (Å²) in [6.45, 7) is 8.34. The summed E-state index contributed by atoms with van der Waals surface area (Å²) in [6.07, 6.45) is 0.598. The van der Waals surface area contributed by atoms with Gasteiger partial charge in [-0.3, -0.25) is 9.48 Å². The van der Waals surface area contributed by atoms with Crippen molar-refractivity contribution in [1.82, 2.24) is 14.7 Å². The zero-order valence-corrected chi connectivity index (χ0v) is 17.4. The van der Waals surface area contributed by atoms with Gasteiger partial charge in [-0.05, 0) is 57.4 Å². The fraction of sp³-hybridized carbons (Fsp3) is 0.500. The second kappa shape index (κ2) is 7.11. The first-order chi connectivity index (χ1) is 12.6. The number of hydrogen-bond acceptors (Lipinski definition) is 4. The Balaban J connectivity index is 1.81. The lowest BCUT2D eigenvalue weighted by Gasteiger charge is -2.19. The summed E-state index contributed by atoms with van der Waals surface area (Å²) in [5.41, 5.74) is 5.69. The van der Waals surface area contributed by atoms with Gasteiger partial charge in [0.25, 0.3) is 5.91 Å².